The van der Waals surface area contributed by atoms with Gasteiger partial charge in [0.2, 0.25) is 5.91 Å². The second kappa shape index (κ2) is 3.96. The molecule has 1 N–H and O–H groups in total. The molecule has 0 aromatic carbocycles. The smallest absolute Gasteiger partial charge is 0.324 e. The zero-order valence-corrected chi connectivity index (χ0v) is 8.79. The normalized spacial score (nSPS) is 18.4. The standard InChI is InChI=1S/C9H16N2O3/c1-9(2,14-3)6-11-5-4-7(12)10-8(11)13/h4-6H2,1-3H3,(H,10,12,13). The third kappa shape index (κ3) is 2.70. The van der Waals surface area contributed by atoms with Crippen LogP contribution in [0.15, 0.2) is 0 Å². The lowest BCUT2D eigenvalue weighted by atomic mass is 10.1. The monoisotopic (exact) mass is 200 g/mol. The topological polar surface area (TPSA) is 58.6 Å². The number of nitrogens with zero attached hydrogens (tertiary/aromatic N) is 1. The minimum atomic E-state index is -0.377. The van der Waals surface area contributed by atoms with Crippen molar-refractivity contribution < 1.29 is 14.3 Å². The van der Waals surface area contributed by atoms with E-state index in [0.717, 1.165) is 0 Å². The van der Waals surface area contributed by atoms with Crippen LogP contribution < -0.4 is 5.32 Å². The largest absolute Gasteiger partial charge is 0.377 e. The number of imide groups is 1. The van der Waals surface area contributed by atoms with E-state index in [1.165, 1.54) is 0 Å². The summed E-state index contributed by atoms with van der Waals surface area (Å²) >= 11 is 0. The van der Waals surface area contributed by atoms with Crippen molar-refractivity contribution in [3.63, 3.8) is 0 Å². The molecule has 1 rings (SSSR count). The fourth-order valence-corrected chi connectivity index (χ4v) is 1.27. The Morgan fingerprint density at radius 2 is 2.14 bits per heavy atom. The van der Waals surface area contributed by atoms with E-state index in [0.29, 0.717) is 19.5 Å². The van der Waals surface area contributed by atoms with Gasteiger partial charge in [-0.1, -0.05) is 0 Å². The molecule has 0 atom stereocenters. The Balaban J connectivity index is 2.53. The maximum absolute atomic E-state index is 11.3. The van der Waals surface area contributed by atoms with E-state index in [2.05, 4.69) is 5.32 Å². The molecule has 1 fully saturated rings. The minimum Gasteiger partial charge on any atom is -0.377 e. The van der Waals surface area contributed by atoms with Gasteiger partial charge in [0.1, 0.15) is 0 Å². The van der Waals surface area contributed by atoms with Crippen LogP contribution >= 0.6 is 0 Å². The summed E-state index contributed by atoms with van der Waals surface area (Å²) in [6.45, 7) is 4.76. The molecule has 1 heterocycles. The van der Waals surface area contributed by atoms with Crippen molar-refractivity contribution >= 4 is 11.9 Å². The molecule has 1 saturated heterocycles. The van der Waals surface area contributed by atoms with E-state index in [1.54, 1.807) is 12.0 Å². The number of nitrogens with one attached hydrogen (secondary N) is 1. The zero-order valence-electron chi connectivity index (χ0n) is 8.79. The number of urea groups is 1. The van der Waals surface area contributed by atoms with Gasteiger partial charge in [-0.15, -0.1) is 0 Å². The highest BCUT2D eigenvalue weighted by molar-refractivity contribution is 5.96. The molecule has 1 aliphatic heterocycles. The van der Waals surface area contributed by atoms with E-state index in [-0.39, 0.29) is 17.5 Å². The number of ether oxygens (including phenoxy) is 1. The Morgan fingerprint density at radius 1 is 1.50 bits per heavy atom. The lowest BCUT2D eigenvalue weighted by molar-refractivity contribution is -0.122. The van der Waals surface area contributed by atoms with Crippen LogP contribution in [0.25, 0.3) is 0 Å². The van der Waals surface area contributed by atoms with Gasteiger partial charge in [0, 0.05) is 20.1 Å². The molecule has 3 amide bonds. The Labute approximate surface area is 83.4 Å². The molecule has 5 nitrogen and oxygen atoms in total. The van der Waals surface area contributed by atoms with E-state index in [9.17, 15) is 9.59 Å². The maximum Gasteiger partial charge on any atom is 0.324 e. The van der Waals surface area contributed by atoms with E-state index in [4.69, 9.17) is 4.74 Å². The average Bonchev–Trinajstić information content (AvgIpc) is 2.10. The zero-order chi connectivity index (χ0) is 10.8. The SMILES string of the molecule is COC(C)(C)CN1CCC(=O)NC1=O. The molecule has 0 aromatic rings. The van der Waals surface area contributed by atoms with Gasteiger partial charge < -0.3 is 9.64 Å². The summed E-state index contributed by atoms with van der Waals surface area (Å²) < 4.78 is 5.21. The Bertz CT molecular complexity index is 250. The number of amides is 3. The molecule has 0 aliphatic carbocycles. The summed E-state index contributed by atoms with van der Waals surface area (Å²) in [7, 11) is 1.60. The number of carbonyl (C=O) groups excluding carboxylic acids is 2. The van der Waals surface area contributed by atoms with Crippen molar-refractivity contribution in [2.75, 3.05) is 20.2 Å². The summed E-state index contributed by atoms with van der Waals surface area (Å²) in [6, 6.07) is -0.327. The van der Waals surface area contributed by atoms with Crippen molar-refractivity contribution in [2.24, 2.45) is 0 Å². The molecule has 14 heavy (non-hydrogen) atoms. The predicted molar refractivity (Wildman–Crippen MR) is 50.8 cm³/mol. The third-order valence-corrected chi connectivity index (χ3v) is 2.27. The lowest BCUT2D eigenvalue weighted by Crippen LogP contribution is -2.53. The van der Waals surface area contributed by atoms with Gasteiger partial charge >= 0.3 is 6.03 Å². The number of rotatable bonds is 3. The van der Waals surface area contributed by atoms with Crippen LogP contribution in [-0.4, -0.2) is 42.6 Å². The quantitative estimate of drug-likeness (QED) is 0.715. The summed E-state index contributed by atoms with van der Waals surface area (Å²) in [5.41, 5.74) is -0.377. The first-order valence-electron chi connectivity index (χ1n) is 4.58. The summed E-state index contributed by atoms with van der Waals surface area (Å²) in [4.78, 5) is 23.8. The fraction of sp³-hybridized carbons (Fsp3) is 0.778. The van der Waals surface area contributed by atoms with E-state index in [1.807, 2.05) is 13.8 Å². The molecule has 0 radical (unpaired) electrons. The van der Waals surface area contributed by atoms with Crippen LogP contribution in [0.5, 0.6) is 0 Å². The van der Waals surface area contributed by atoms with Crippen LogP contribution in [0, 0.1) is 0 Å². The van der Waals surface area contributed by atoms with Gasteiger partial charge in [-0.3, -0.25) is 10.1 Å². The molecule has 0 aromatic heterocycles. The van der Waals surface area contributed by atoms with Gasteiger partial charge in [-0.05, 0) is 13.8 Å². The molecular weight excluding hydrogens is 184 g/mol. The third-order valence-electron chi connectivity index (χ3n) is 2.27. The fourth-order valence-electron chi connectivity index (χ4n) is 1.27. The highest BCUT2D eigenvalue weighted by Gasteiger charge is 2.28. The summed E-state index contributed by atoms with van der Waals surface area (Å²) in [5.74, 6) is -0.207. The molecule has 0 bridgehead atoms. The molecule has 80 valence electrons. The van der Waals surface area contributed by atoms with Crippen LogP contribution in [0.4, 0.5) is 4.79 Å². The maximum atomic E-state index is 11.3. The van der Waals surface area contributed by atoms with E-state index < -0.39 is 0 Å². The van der Waals surface area contributed by atoms with Gasteiger partial charge in [-0.25, -0.2) is 4.79 Å². The van der Waals surface area contributed by atoms with Gasteiger partial charge in [0.15, 0.2) is 0 Å². The van der Waals surface area contributed by atoms with Crippen molar-refractivity contribution in [3.8, 4) is 0 Å². The van der Waals surface area contributed by atoms with Crippen LogP contribution in [-0.2, 0) is 9.53 Å². The van der Waals surface area contributed by atoms with Crippen LogP contribution in [0.1, 0.15) is 20.3 Å². The highest BCUT2D eigenvalue weighted by Crippen LogP contribution is 2.12. The second-order valence-corrected chi connectivity index (χ2v) is 3.99. The second-order valence-electron chi connectivity index (χ2n) is 3.99. The van der Waals surface area contributed by atoms with Crippen molar-refractivity contribution in [1.29, 1.82) is 0 Å². The van der Waals surface area contributed by atoms with Crippen molar-refractivity contribution in [2.45, 2.75) is 25.9 Å². The van der Waals surface area contributed by atoms with Crippen molar-refractivity contribution in [3.05, 3.63) is 0 Å². The Hall–Kier alpha value is -1.10. The van der Waals surface area contributed by atoms with Gasteiger partial charge in [0.25, 0.3) is 0 Å². The van der Waals surface area contributed by atoms with Gasteiger partial charge in [0.05, 0.1) is 12.1 Å². The average molecular weight is 200 g/mol. The number of methoxy groups -OCH3 is 1. The van der Waals surface area contributed by atoms with Crippen molar-refractivity contribution in [1.82, 2.24) is 10.2 Å². The Kier molecular flexibility index (Phi) is 3.10. The van der Waals surface area contributed by atoms with Crippen LogP contribution in [0.2, 0.25) is 0 Å². The molecule has 0 unspecified atom stereocenters. The first-order valence-corrected chi connectivity index (χ1v) is 4.58. The first-order chi connectivity index (χ1) is 6.44. The number of hydrogen-bond acceptors (Lipinski definition) is 3. The lowest BCUT2D eigenvalue weighted by Gasteiger charge is -2.33. The number of carbonyl (C=O) groups is 2. The minimum absolute atomic E-state index is 0.207. The molecule has 1 aliphatic rings. The molecule has 5 heteroatoms. The molecule has 0 spiro atoms. The predicted octanol–water partition coefficient (Wildman–Crippen LogP) is 0.353. The first kappa shape index (κ1) is 11.0. The summed E-state index contributed by atoms with van der Waals surface area (Å²) in [6.07, 6.45) is 0.367. The van der Waals surface area contributed by atoms with Gasteiger partial charge in [-0.2, -0.15) is 0 Å². The molecular formula is C9H16N2O3. The van der Waals surface area contributed by atoms with Crippen LogP contribution in [0.3, 0.4) is 0 Å². The highest BCUT2D eigenvalue weighted by atomic mass is 16.5. The summed E-state index contributed by atoms with van der Waals surface area (Å²) in [5, 5.41) is 2.27. The molecule has 0 saturated carbocycles. The van der Waals surface area contributed by atoms with E-state index >= 15 is 0 Å². The number of hydrogen-bond donors (Lipinski definition) is 1. The Morgan fingerprint density at radius 3 is 2.64 bits per heavy atom.